The summed E-state index contributed by atoms with van der Waals surface area (Å²) in [6.07, 6.45) is -0.510. The molecule has 1 unspecified atom stereocenters. The summed E-state index contributed by atoms with van der Waals surface area (Å²) in [5.41, 5.74) is 1.82. The molecule has 29 heavy (non-hydrogen) atoms. The van der Waals surface area contributed by atoms with Crippen LogP contribution in [0.2, 0.25) is 0 Å². The molecule has 2 fully saturated rings. The summed E-state index contributed by atoms with van der Waals surface area (Å²) in [4.78, 5) is 14.2. The van der Waals surface area contributed by atoms with Crippen molar-refractivity contribution in [1.82, 2.24) is 4.90 Å². The van der Waals surface area contributed by atoms with Gasteiger partial charge in [-0.25, -0.2) is 4.79 Å². The van der Waals surface area contributed by atoms with Crippen LogP contribution in [0.1, 0.15) is 65.7 Å². The average molecular weight is 403 g/mol. The predicted octanol–water partition coefficient (Wildman–Crippen LogP) is 3.60. The summed E-state index contributed by atoms with van der Waals surface area (Å²) in [5, 5.41) is 0. The highest BCUT2D eigenvalue weighted by Gasteiger charge is 2.51. The first-order chi connectivity index (χ1) is 13.3. The molecule has 2 saturated heterocycles. The van der Waals surface area contributed by atoms with Gasteiger partial charge in [0.1, 0.15) is 11.7 Å². The fourth-order valence-corrected chi connectivity index (χ4v) is 3.46. The molecule has 0 N–H and O–H groups in total. The quantitative estimate of drug-likeness (QED) is 0.707. The fourth-order valence-electron chi connectivity index (χ4n) is 3.46. The van der Waals surface area contributed by atoms with Crippen molar-refractivity contribution in [3.63, 3.8) is 0 Å². The molecule has 1 atom stereocenters. The smallest absolute Gasteiger partial charge is 0.444 e. The fraction of sp³-hybridized carbons (Fsp3) is 0.682. The Morgan fingerprint density at radius 3 is 2.38 bits per heavy atom. The van der Waals surface area contributed by atoms with E-state index < -0.39 is 23.9 Å². The van der Waals surface area contributed by atoms with E-state index in [1.54, 1.807) is 4.90 Å². The molecular weight excluding hydrogens is 369 g/mol. The molecule has 7 heteroatoms. The summed E-state index contributed by atoms with van der Waals surface area (Å²) < 4.78 is 24.0. The van der Waals surface area contributed by atoms with Gasteiger partial charge in [-0.1, -0.05) is 18.2 Å². The number of rotatable bonds is 2. The third-order valence-corrected chi connectivity index (χ3v) is 5.89. The largest absolute Gasteiger partial charge is 0.494 e. The van der Waals surface area contributed by atoms with Crippen LogP contribution in [0.25, 0.3) is 0 Å². The first-order valence-electron chi connectivity index (χ1n) is 10.3. The maximum absolute atomic E-state index is 12.5. The molecule has 1 aromatic rings. The molecule has 1 aromatic carbocycles. The average Bonchev–Trinajstić information content (AvgIpc) is 2.81. The molecule has 0 radical (unpaired) electrons. The minimum atomic E-state index is -0.516. The number of morpholine rings is 1. The summed E-state index contributed by atoms with van der Waals surface area (Å²) >= 11 is 0. The molecule has 2 aliphatic heterocycles. The first kappa shape index (κ1) is 22.1. The van der Waals surface area contributed by atoms with Crippen LogP contribution in [0.4, 0.5) is 4.79 Å². The van der Waals surface area contributed by atoms with Crippen molar-refractivity contribution in [2.75, 3.05) is 19.7 Å². The van der Waals surface area contributed by atoms with Crippen LogP contribution in [0.5, 0.6) is 0 Å². The van der Waals surface area contributed by atoms with Gasteiger partial charge in [0.15, 0.2) is 0 Å². The normalized spacial score (nSPS) is 23.9. The first-order valence-corrected chi connectivity index (χ1v) is 10.3. The number of hydrogen-bond donors (Lipinski definition) is 0. The summed E-state index contributed by atoms with van der Waals surface area (Å²) in [6, 6.07) is 6.18. The van der Waals surface area contributed by atoms with Gasteiger partial charge in [0.25, 0.3) is 0 Å². The van der Waals surface area contributed by atoms with Gasteiger partial charge in [-0.15, -0.1) is 0 Å². The zero-order chi connectivity index (χ0) is 21.6. The second-order valence-corrected chi connectivity index (χ2v) is 9.99. The Morgan fingerprint density at radius 1 is 1.17 bits per heavy atom. The number of carbonyl (C=O) groups is 1. The zero-order valence-corrected chi connectivity index (χ0v) is 19.0. The van der Waals surface area contributed by atoms with Gasteiger partial charge < -0.3 is 23.7 Å². The Bertz CT molecular complexity index is 755. The molecule has 0 aromatic heterocycles. The van der Waals surface area contributed by atoms with Crippen molar-refractivity contribution in [1.29, 1.82) is 0 Å². The molecule has 2 heterocycles. The topological polar surface area (TPSA) is 57.2 Å². The molecule has 160 valence electrons. The van der Waals surface area contributed by atoms with Crippen molar-refractivity contribution in [2.24, 2.45) is 0 Å². The highest BCUT2D eigenvalue weighted by atomic mass is 16.7. The van der Waals surface area contributed by atoms with Crippen molar-refractivity contribution < 1.29 is 23.6 Å². The minimum Gasteiger partial charge on any atom is -0.444 e. The highest BCUT2D eigenvalue weighted by molar-refractivity contribution is 6.62. The van der Waals surface area contributed by atoms with Gasteiger partial charge >= 0.3 is 13.2 Å². The van der Waals surface area contributed by atoms with E-state index in [9.17, 15) is 4.79 Å². The summed E-state index contributed by atoms with van der Waals surface area (Å²) in [6.45, 7) is 17.3. The molecule has 6 nitrogen and oxygen atoms in total. The van der Waals surface area contributed by atoms with Crippen LogP contribution >= 0.6 is 0 Å². The number of amides is 1. The lowest BCUT2D eigenvalue weighted by molar-refractivity contribution is -0.0434. The molecule has 3 rings (SSSR count). The van der Waals surface area contributed by atoms with Crippen LogP contribution in [-0.4, -0.2) is 54.6 Å². The Hall–Kier alpha value is -1.57. The minimum absolute atomic E-state index is 0.210. The highest BCUT2D eigenvalue weighted by Crippen LogP contribution is 2.37. The standard InChI is InChI=1S/C22H34BNO5/c1-15-9-10-16(23-28-21(5,6)22(7,8)29-23)13-17(15)18-14-24(11-12-26-18)19(25)27-20(2,3)4/h9-10,13,18H,11-12,14H2,1-8H3. The maximum atomic E-state index is 12.5. The number of hydrogen-bond acceptors (Lipinski definition) is 5. The molecular formula is C22H34BNO5. The maximum Gasteiger partial charge on any atom is 0.494 e. The molecule has 0 bridgehead atoms. The lowest BCUT2D eigenvalue weighted by Gasteiger charge is -2.35. The van der Waals surface area contributed by atoms with Gasteiger partial charge in [0, 0.05) is 6.54 Å². The molecule has 0 spiro atoms. The lowest BCUT2D eigenvalue weighted by atomic mass is 9.77. The van der Waals surface area contributed by atoms with Gasteiger partial charge in [-0.05, 0) is 72.0 Å². The van der Waals surface area contributed by atoms with E-state index in [-0.39, 0.29) is 12.2 Å². The van der Waals surface area contributed by atoms with Crippen LogP contribution in [0.15, 0.2) is 18.2 Å². The van der Waals surface area contributed by atoms with Gasteiger partial charge in [-0.2, -0.15) is 0 Å². The number of benzene rings is 1. The Morgan fingerprint density at radius 2 is 1.79 bits per heavy atom. The molecule has 2 aliphatic rings. The Balaban J connectivity index is 1.79. The Labute approximate surface area is 175 Å². The predicted molar refractivity (Wildman–Crippen MR) is 113 cm³/mol. The lowest BCUT2D eigenvalue weighted by Crippen LogP contribution is -2.45. The third-order valence-electron chi connectivity index (χ3n) is 5.89. The van der Waals surface area contributed by atoms with E-state index in [4.69, 9.17) is 18.8 Å². The van der Waals surface area contributed by atoms with Crippen LogP contribution < -0.4 is 5.46 Å². The summed E-state index contributed by atoms with van der Waals surface area (Å²) in [5.74, 6) is 0. The number of aryl methyl sites for hydroxylation is 1. The van der Waals surface area contributed by atoms with Crippen molar-refractivity contribution in [3.8, 4) is 0 Å². The number of ether oxygens (including phenoxy) is 2. The SMILES string of the molecule is Cc1ccc(B2OC(C)(C)C(C)(C)O2)cc1C1CN(C(=O)OC(C)(C)C)CCO1. The van der Waals surface area contributed by atoms with E-state index in [0.717, 1.165) is 16.6 Å². The van der Waals surface area contributed by atoms with Gasteiger partial charge in [0.05, 0.1) is 24.4 Å². The van der Waals surface area contributed by atoms with E-state index in [1.165, 1.54) is 0 Å². The monoisotopic (exact) mass is 403 g/mol. The van der Waals surface area contributed by atoms with Gasteiger partial charge in [0.2, 0.25) is 0 Å². The zero-order valence-electron chi connectivity index (χ0n) is 19.0. The van der Waals surface area contributed by atoms with E-state index in [2.05, 4.69) is 19.1 Å². The van der Waals surface area contributed by atoms with Crippen LogP contribution in [0.3, 0.4) is 0 Å². The van der Waals surface area contributed by atoms with E-state index in [1.807, 2.05) is 54.5 Å². The second-order valence-electron chi connectivity index (χ2n) is 9.99. The van der Waals surface area contributed by atoms with Gasteiger partial charge in [-0.3, -0.25) is 0 Å². The summed E-state index contributed by atoms with van der Waals surface area (Å²) in [7, 11) is -0.426. The third kappa shape index (κ3) is 4.78. The molecule has 0 saturated carbocycles. The van der Waals surface area contributed by atoms with E-state index >= 15 is 0 Å². The van der Waals surface area contributed by atoms with E-state index in [0.29, 0.717) is 19.7 Å². The van der Waals surface area contributed by atoms with Crippen molar-refractivity contribution in [3.05, 3.63) is 29.3 Å². The Kier molecular flexibility index (Phi) is 5.80. The van der Waals surface area contributed by atoms with Crippen LogP contribution in [-0.2, 0) is 18.8 Å². The van der Waals surface area contributed by atoms with Crippen molar-refractivity contribution in [2.45, 2.75) is 78.3 Å². The van der Waals surface area contributed by atoms with Crippen molar-refractivity contribution >= 4 is 18.7 Å². The number of nitrogens with zero attached hydrogens (tertiary/aromatic N) is 1. The second kappa shape index (κ2) is 7.60. The van der Waals surface area contributed by atoms with Crippen LogP contribution in [0, 0.1) is 6.92 Å². The molecule has 1 amide bonds. The number of carbonyl (C=O) groups excluding carboxylic acids is 1. The molecule has 0 aliphatic carbocycles.